The predicted molar refractivity (Wildman–Crippen MR) is 70.1 cm³/mol. The van der Waals surface area contributed by atoms with E-state index in [0.29, 0.717) is 24.1 Å². The summed E-state index contributed by atoms with van der Waals surface area (Å²) in [5, 5.41) is 3.37. The highest BCUT2D eigenvalue weighted by atomic mass is 35.5. The van der Waals surface area contributed by atoms with Crippen LogP contribution in [0.25, 0.3) is 0 Å². The molecule has 2 rings (SSSR count). The summed E-state index contributed by atoms with van der Waals surface area (Å²) in [4.78, 5) is 15.8. The molecule has 1 amide bonds. The fourth-order valence-electron chi connectivity index (χ4n) is 1.87. The summed E-state index contributed by atoms with van der Waals surface area (Å²) < 4.78 is 5.35. The number of carbonyl (C=O) groups excluding carboxylic acids is 1. The molecule has 1 unspecified atom stereocenters. The molecule has 6 heteroatoms. The predicted octanol–water partition coefficient (Wildman–Crippen LogP) is 2.54. The van der Waals surface area contributed by atoms with Crippen molar-refractivity contribution in [2.75, 3.05) is 19.8 Å². The first-order chi connectivity index (χ1) is 8.66. The Hall–Kier alpha value is -0.840. The van der Waals surface area contributed by atoms with Crippen LogP contribution in [0.2, 0.25) is 10.2 Å². The van der Waals surface area contributed by atoms with Gasteiger partial charge in [-0.05, 0) is 30.9 Å². The van der Waals surface area contributed by atoms with Crippen molar-refractivity contribution >= 4 is 29.1 Å². The van der Waals surface area contributed by atoms with Crippen LogP contribution in [0.4, 0.5) is 0 Å². The molecule has 0 bridgehead atoms. The Labute approximate surface area is 116 Å². The van der Waals surface area contributed by atoms with Crippen molar-refractivity contribution in [3.8, 4) is 0 Å². The van der Waals surface area contributed by atoms with Crippen LogP contribution in [0.1, 0.15) is 23.3 Å². The molecule has 0 aromatic carbocycles. The van der Waals surface area contributed by atoms with Gasteiger partial charge in [0.15, 0.2) is 0 Å². The van der Waals surface area contributed by atoms with Gasteiger partial charge < -0.3 is 10.1 Å². The lowest BCUT2D eigenvalue weighted by Gasteiger charge is -2.22. The van der Waals surface area contributed by atoms with Gasteiger partial charge >= 0.3 is 0 Å². The first kappa shape index (κ1) is 13.6. The zero-order valence-corrected chi connectivity index (χ0v) is 11.3. The van der Waals surface area contributed by atoms with Gasteiger partial charge in [0.1, 0.15) is 10.8 Å². The Morgan fingerprint density at radius 2 is 2.33 bits per heavy atom. The third kappa shape index (κ3) is 3.57. The molecule has 1 saturated heterocycles. The highest BCUT2D eigenvalue weighted by Gasteiger charge is 2.17. The van der Waals surface area contributed by atoms with Gasteiger partial charge in [-0.1, -0.05) is 23.2 Å². The molecular formula is C12H14Cl2N2O2. The summed E-state index contributed by atoms with van der Waals surface area (Å²) in [6, 6.07) is 3.12. The largest absolute Gasteiger partial charge is 0.381 e. The molecule has 0 aliphatic carbocycles. The second kappa shape index (κ2) is 6.36. The summed E-state index contributed by atoms with van der Waals surface area (Å²) in [7, 11) is 0. The zero-order chi connectivity index (χ0) is 13.0. The maximum Gasteiger partial charge on any atom is 0.271 e. The molecule has 1 aliphatic rings. The molecule has 0 radical (unpaired) electrons. The highest BCUT2D eigenvalue weighted by Crippen LogP contribution is 2.17. The third-order valence-electron chi connectivity index (χ3n) is 2.83. The number of hydrogen-bond acceptors (Lipinski definition) is 3. The average molecular weight is 289 g/mol. The lowest BCUT2D eigenvalue weighted by molar-refractivity contribution is 0.0535. The van der Waals surface area contributed by atoms with Gasteiger partial charge in [0.25, 0.3) is 5.91 Å². The number of hydrogen-bond donors (Lipinski definition) is 1. The molecule has 2 heterocycles. The lowest BCUT2D eigenvalue weighted by atomic mass is 10.0. The molecule has 1 aliphatic heterocycles. The topological polar surface area (TPSA) is 51.2 Å². The number of halogens is 2. The Balaban J connectivity index is 1.92. The number of ether oxygens (including phenoxy) is 1. The molecule has 1 aromatic rings. The number of amides is 1. The third-order valence-corrected chi connectivity index (χ3v) is 3.35. The average Bonchev–Trinajstić information content (AvgIpc) is 2.40. The van der Waals surface area contributed by atoms with Gasteiger partial charge in [-0.3, -0.25) is 4.79 Å². The summed E-state index contributed by atoms with van der Waals surface area (Å²) in [5.41, 5.74) is 0.167. The van der Waals surface area contributed by atoms with Gasteiger partial charge in [-0.25, -0.2) is 4.98 Å². The van der Waals surface area contributed by atoms with Crippen molar-refractivity contribution in [3.63, 3.8) is 0 Å². The lowest BCUT2D eigenvalue weighted by Crippen LogP contribution is -2.33. The Morgan fingerprint density at radius 1 is 1.50 bits per heavy atom. The minimum Gasteiger partial charge on any atom is -0.381 e. The van der Waals surface area contributed by atoms with E-state index in [2.05, 4.69) is 10.3 Å². The van der Waals surface area contributed by atoms with E-state index in [4.69, 9.17) is 27.9 Å². The van der Waals surface area contributed by atoms with E-state index >= 15 is 0 Å². The molecule has 1 N–H and O–H groups in total. The first-order valence-electron chi connectivity index (χ1n) is 5.85. The molecule has 1 atom stereocenters. The molecule has 0 spiro atoms. The molecule has 98 valence electrons. The molecule has 18 heavy (non-hydrogen) atoms. The van der Waals surface area contributed by atoms with Crippen molar-refractivity contribution in [2.24, 2.45) is 5.92 Å². The van der Waals surface area contributed by atoms with E-state index < -0.39 is 0 Å². The minimum absolute atomic E-state index is 0.167. The second-order valence-corrected chi connectivity index (χ2v) is 5.05. The Bertz CT molecular complexity index is 434. The SMILES string of the molecule is O=C(NCC1CCCOC1)c1nc(Cl)ccc1Cl. The van der Waals surface area contributed by atoms with E-state index in [-0.39, 0.29) is 16.8 Å². The number of rotatable bonds is 3. The van der Waals surface area contributed by atoms with Crippen molar-refractivity contribution < 1.29 is 9.53 Å². The van der Waals surface area contributed by atoms with E-state index in [1.54, 1.807) is 12.1 Å². The smallest absolute Gasteiger partial charge is 0.271 e. The van der Waals surface area contributed by atoms with Crippen LogP contribution in [0.5, 0.6) is 0 Å². The van der Waals surface area contributed by atoms with E-state index in [1.165, 1.54) is 0 Å². The first-order valence-corrected chi connectivity index (χ1v) is 6.60. The quantitative estimate of drug-likeness (QED) is 0.870. The van der Waals surface area contributed by atoms with Crippen molar-refractivity contribution in [1.82, 2.24) is 10.3 Å². The molecule has 0 saturated carbocycles. The summed E-state index contributed by atoms with van der Waals surface area (Å²) in [6.45, 7) is 2.08. The number of aromatic nitrogens is 1. The van der Waals surface area contributed by atoms with Crippen molar-refractivity contribution in [3.05, 3.63) is 28.0 Å². The maximum atomic E-state index is 11.9. The zero-order valence-electron chi connectivity index (χ0n) is 9.79. The van der Waals surface area contributed by atoms with E-state index in [0.717, 1.165) is 19.4 Å². The summed E-state index contributed by atoms with van der Waals surface area (Å²) in [5.74, 6) is 0.0636. The van der Waals surface area contributed by atoms with E-state index in [1.807, 2.05) is 0 Å². The molecule has 1 fully saturated rings. The molecule has 4 nitrogen and oxygen atoms in total. The van der Waals surface area contributed by atoms with Gasteiger partial charge in [-0.15, -0.1) is 0 Å². The normalized spacial score (nSPS) is 19.6. The van der Waals surface area contributed by atoms with Crippen LogP contribution in [0.15, 0.2) is 12.1 Å². The van der Waals surface area contributed by atoms with Crippen LogP contribution in [0.3, 0.4) is 0 Å². The fourth-order valence-corrected chi connectivity index (χ4v) is 2.21. The van der Waals surface area contributed by atoms with Crippen LogP contribution < -0.4 is 5.32 Å². The number of carbonyl (C=O) groups is 1. The van der Waals surface area contributed by atoms with Crippen molar-refractivity contribution in [1.29, 1.82) is 0 Å². The monoisotopic (exact) mass is 288 g/mol. The summed E-state index contributed by atoms with van der Waals surface area (Å²) >= 11 is 11.6. The van der Waals surface area contributed by atoms with Gasteiger partial charge in [0.05, 0.1) is 11.6 Å². The molecular weight excluding hydrogens is 275 g/mol. The van der Waals surface area contributed by atoms with Crippen LogP contribution >= 0.6 is 23.2 Å². The van der Waals surface area contributed by atoms with Gasteiger partial charge in [0.2, 0.25) is 0 Å². The second-order valence-electron chi connectivity index (χ2n) is 4.26. The van der Waals surface area contributed by atoms with Gasteiger partial charge in [0, 0.05) is 13.2 Å². The van der Waals surface area contributed by atoms with Crippen LogP contribution in [-0.2, 0) is 4.74 Å². The maximum absolute atomic E-state index is 11.9. The number of nitrogens with one attached hydrogen (secondary N) is 1. The van der Waals surface area contributed by atoms with Gasteiger partial charge in [-0.2, -0.15) is 0 Å². The number of pyridine rings is 1. The standard InChI is InChI=1S/C12H14Cl2N2O2/c13-9-3-4-10(14)16-11(9)12(17)15-6-8-2-1-5-18-7-8/h3-4,8H,1-2,5-7H2,(H,15,17). The Morgan fingerprint density at radius 3 is 3.06 bits per heavy atom. The number of nitrogens with zero attached hydrogens (tertiary/aromatic N) is 1. The van der Waals surface area contributed by atoms with Crippen LogP contribution in [-0.4, -0.2) is 30.6 Å². The summed E-state index contributed by atoms with van der Waals surface area (Å²) in [6.07, 6.45) is 2.10. The molecule has 1 aromatic heterocycles. The minimum atomic E-state index is -0.298. The van der Waals surface area contributed by atoms with Crippen molar-refractivity contribution in [2.45, 2.75) is 12.8 Å². The Kier molecular flexibility index (Phi) is 4.80. The highest BCUT2D eigenvalue weighted by molar-refractivity contribution is 6.34. The van der Waals surface area contributed by atoms with E-state index in [9.17, 15) is 4.79 Å². The fraction of sp³-hybridized carbons (Fsp3) is 0.500. The van der Waals surface area contributed by atoms with Crippen LogP contribution in [0, 0.1) is 5.92 Å².